The number of aliphatic carboxylic acids is 1. The molecule has 2 N–H and O–H groups in total. The molecule has 0 aliphatic heterocycles. The first-order chi connectivity index (χ1) is 11.4. The summed E-state index contributed by atoms with van der Waals surface area (Å²) in [6.45, 7) is -0.802. The van der Waals surface area contributed by atoms with Crippen LogP contribution in [-0.4, -0.2) is 35.1 Å². The van der Waals surface area contributed by atoms with E-state index in [2.05, 4.69) is 9.97 Å². The number of carboxylic acids is 1. The standard InChI is InChI=1S/C13H9N5O6/c19-10(20)5-17-8-3-7(16-2-1-14-6-16)4-9(18(23)24)11(8)15-12(21)13(17)22/h1-4,6H,5H2,(H,15,21)(H,19,20). The van der Waals surface area contributed by atoms with E-state index in [4.69, 9.17) is 5.11 Å². The molecule has 2 heterocycles. The number of nitro benzene ring substituents is 1. The van der Waals surface area contributed by atoms with Crippen LogP contribution in [0.25, 0.3) is 16.7 Å². The molecule has 0 fully saturated rings. The minimum Gasteiger partial charge on any atom is -0.480 e. The van der Waals surface area contributed by atoms with E-state index in [1.807, 2.05) is 0 Å². The normalized spacial score (nSPS) is 10.8. The molecule has 0 aliphatic rings. The van der Waals surface area contributed by atoms with Gasteiger partial charge in [0.2, 0.25) is 0 Å². The van der Waals surface area contributed by atoms with Gasteiger partial charge in [0.1, 0.15) is 12.1 Å². The summed E-state index contributed by atoms with van der Waals surface area (Å²) >= 11 is 0. The number of nitrogens with zero attached hydrogens (tertiary/aromatic N) is 4. The molecule has 122 valence electrons. The second-order valence-corrected chi connectivity index (χ2v) is 4.83. The third-order valence-corrected chi connectivity index (χ3v) is 3.34. The number of rotatable bonds is 4. The molecular weight excluding hydrogens is 322 g/mol. The molecule has 0 aliphatic carbocycles. The number of benzene rings is 1. The lowest BCUT2D eigenvalue weighted by Crippen LogP contribution is -2.38. The van der Waals surface area contributed by atoms with E-state index in [1.54, 1.807) is 0 Å². The number of nitrogens with one attached hydrogen (secondary N) is 1. The van der Waals surface area contributed by atoms with Crippen molar-refractivity contribution in [3.05, 3.63) is 61.7 Å². The highest BCUT2D eigenvalue weighted by atomic mass is 16.6. The lowest BCUT2D eigenvalue weighted by Gasteiger charge is -2.10. The smallest absolute Gasteiger partial charge is 0.323 e. The Labute approximate surface area is 131 Å². The highest BCUT2D eigenvalue weighted by Crippen LogP contribution is 2.26. The Bertz CT molecular complexity index is 1080. The molecule has 0 amide bonds. The zero-order valence-electron chi connectivity index (χ0n) is 11.9. The van der Waals surface area contributed by atoms with Gasteiger partial charge in [0.15, 0.2) is 0 Å². The largest absolute Gasteiger partial charge is 0.480 e. The van der Waals surface area contributed by atoms with E-state index in [1.165, 1.54) is 35.4 Å². The monoisotopic (exact) mass is 331 g/mol. The van der Waals surface area contributed by atoms with Crippen molar-refractivity contribution in [1.82, 2.24) is 19.1 Å². The van der Waals surface area contributed by atoms with E-state index in [-0.39, 0.29) is 16.7 Å². The minimum atomic E-state index is -1.36. The van der Waals surface area contributed by atoms with Crippen LogP contribution in [0.3, 0.4) is 0 Å². The summed E-state index contributed by atoms with van der Waals surface area (Å²) in [6, 6.07) is 2.56. The summed E-state index contributed by atoms with van der Waals surface area (Å²) in [7, 11) is 0. The van der Waals surface area contributed by atoms with Crippen molar-refractivity contribution in [2.24, 2.45) is 0 Å². The zero-order valence-corrected chi connectivity index (χ0v) is 11.9. The Kier molecular flexibility index (Phi) is 3.45. The maximum Gasteiger partial charge on any atom is 0.323 e. The van der Waals surface area contributed by atoms with Gasteiger partial charge in [0.25, 0.3) is 5.69 Å². The van der Waals surface area contributed by atoms with Crippen molar-refractivity contribution in [1.29, 1.82) is 0 Å². The predicted octanol–water partition coefficient (Wildman–Crippen LogP) is -0.132. The molecule has 24 heavy (non-hydrogen) atoms. The van der Waals surface area contributed by atoms with Crippen LogP contribution in [0, 0.1) is 10.1 Å². The molecule has 0 unspecified atom stereocenters. The fourth-order valence-corrected chi connectivity index (χ4v) is 2.33. The van der Waals surface area contributed by atoms with Crippen LogP contribution in [0.15, 0.2) is 40.4 Å². The van der Waals surface area contributed by atoms with Crippen LogP contribution in [0.4, 0.5) is 5.69 Å². The molecular formula is C13H9N5O6. The van der Waals surface area contributed by atoms with Crippen molar-refractivity contribution in [2.45, 2.75) is 6.54 Å². The lowest BCUT2D eigenvalue weighted by molar-refractivity contribution is -0.383. The van der Waals surface area contributed by atoms with E-state index >= 15 is 0 Å². The maximum absolute atomic E-state index is 12.0. The SMILES string of the molecule is O=C(O)Cn1c(=O)c(=O)[nH]c2c([N+](=O)[O-])cc(-n3ccnc3)cc21. The summed E-state index contributed by atoms with van der Waals surface area (Å²) in [5.41, 5.74) is -2.72. The molecule has 11 nitrogen and oxygen atoms in total. The van der Waals surface area contributed by atoms with Crippen LogP contribution in [0.5, 0.6) is 0 Å². The van der Waals surface area contributed by atoms with Crippen LogP contribution in [0.2, 0.25) is 0 Å². The quantitative estimate of drug-likeness (QED) is 0.383. The zero-order chi connectivity index (χ0) is 17.4. The molecule has 11 heteroatoms. The number of aromatic amines is 1. The van der Waals surface area contributed by atoms with Crippen LogP contribution >= 0.6 is 0 Å². The average molecular weight is 331 g/mol. The van der Waals surface area contributed by atoms with Gasteiger partial charge in [-0.2, -0.15) is 0 Å². The fraction of sp³-hybridized carbons (Fsp3) is 0.0769. The Balaban J connectivity index is 2.47. The summed E-state index contributed by atoms with van der Waals surface area (Å²) in [5.74, 6) is -1.36. The topological polar surface area (TPSA) is 153 Å². The van der Waals surface area contributed by atoms with Gasteiger partial charge < -0.3 is 14.7 Å². The Hall–Kier alpha value is -3.76. The average Bonchev–Trinajstić information content (AvgIpc) is 3.05. The number of non-ortho nitro benzene ring substituents is 1. The first-order valence-corrected chi connectivity index (χ1v) is 6.54. The predicted molar refractivity (Wildman–Crippen MR) is 80.2 cm³/mol. The van der Waals surface area contributed by atoms with Crippen molar-refractivity contribution in [2.75, 3.05) is 0 Å². The highest BCUT2D eigenvalue weighted by Gasteiger charge is 2.20. The molecule has 0 bridgehead atoms. The molecule has 0 spiro atoms. The van der Waals surface area contributed by atoms with Gasteiger partial charge in [0, 0.05) is 18.5 Å². The summed E-state index contributed by atoms with van der Waals surface area (Å²) in [5, 5.41) is 20.3. The Morgan fingerprint density at radius 2 is 2.12 bits per heavy atom. The van der Waals surface area contributed by atoms with Crippen LogP contribution < -0.4 is 11.1 Å². The molecule has 0 saturated heterocycles. The van der Waals surface area contributed by atoms with Gasteiger partial charge in [-0.3, -0.25) is 29.1 Å². The number of hydrogen-bond acceptors (Lipinski definition) is 6. The van der Waals surface area contributed by atoms with Gasteiger partial charge in [-0.1, -0.05) is 0 Å². The molecule has 1 aromatic carbocycles. The number of imidazole rings is 1. The van der Waals surface area contributed by atoms with E-state index in [9.17, 15) is 24.5 Å². The van der Waals surface area contributed by atoms with Crippen molar-refractivity contribution >= 4 is 22.7 Å². The van der Waals surface area contributed by atoms with Crippen molar-refractivity contribution in [3.63, 3.8) is 0 Å². The van der Waals surface area contributed by atoms with Gasteiger partial charge in [0.05, 0.1) is 22.5 Å². The number of carbonyl (C=O) groups is 1. The number of nitro groups is 1. The van der Waals surface area contributed by atoms with E-state index < -0.39 is 34.2 Å². The maximum atomic E-state index is 12.0. The van der Waals surface area contributed by atoms with Gasteiger partial charge in [-0.05, 0) is 6.07 Å². The van der Waals surface area contributed by atoms with Gasteiger partial charge in [-0.25, -0.2) is 4.98 Å². The third-order valence-electron chi connectivity index (χ3n) is 3.34. The van der Waals surface area contributed by atoms with Crippen molar-refractivity contribution in [3.8, 4) is 5.69 Å². The van der Waals surface area contributed by atoms with E-state index in [0.29, 0.717) is 4.57 Å². The van der Waals surface area contributed by atoms with Crippen LogP contribution in [0.1, 0.15) is 0 Å². The minimum absolute atomic E-state index is 0.0695. The second kappa shape index (κ2) is 5.46. The third kappa shape index (κ3) is 2.43. The summed E-state index contributed by atoms with van der Waals surface area (Å²) in [6.07, 6.45) is 4.36. The number of carboxylic acid groups (broad SMARTS) is 1. The molecule has 2 aromatic heterocycles. The molecule has 3 aromatic rings. The van der Waals surface area contributed by atoms with Gasteiger partial charge in [-0.15, -0.1) is 0 Å². The first-order valence-electron chi connectivity index (χ1n) is 6.54. The Morgan fingerprint density at radius 1 is 1.38 bits per heavy atom. The summed E-state index contributed by atoms with van der Waals surface area (Å²) in [4.78, 5) is 51.2. The molecule has 0 radical (unpaired) electrons. The number of H-pyrrole nitrogens is 1. The number of aromatic nitrogens is 4. The molecule has 0 saturated carbocycles. The number of hydrogen-bond donors (Lipinski definition) is 2. The van der Waals surface area contributed by atoms with Crippen molar-refractivity contribution < 1.29 is 14.8 Å². The lowest BCUT2D eigenvalue weighted by atomic mass is 10.2. The fourth-order valence-electron chi connectivity index (χ4n) is 2.33. The summed E-state index contributed by atoms with van der Waals surface area (Å²) < 4.78 is 2.14. The van der Waals surface area contributed by atoms with Crippen LogP contribution in [-0.2, 0) is 11.3 Å². The molecule has 0 atom stereocenters. The van der Waals surface area contributed by atoms with Gasteiger partial charge >= 0.3 is 17.1 Å². The number of fused-ring (bicyclic) bond motifs is 1. The highest BCUT2D eigenvalue weighted by molar-refractivity contribution is 5.87. The first kappa shape index (κ1) is 15.1. The molecule has 3 rings (SSSR count). The second-order valence-electron chi connectivity index (χ2n) is 4.83. The Morgan fingerprint density at radius 3 is 2.71 bits per heavy atom. The van der Waals surface area contributed by atoms with E-state index in [0.717, 1.165) is 0 Å².